The van der Waals surface area contributed by atoms with E-state index in [-0.39, 0.29) is 6.54 Å². The van der Waals surface area contributed by atoms with Gasteiger partial charge in [0.05, 0.1) is 12.9 Å². The van der Waals surface area contributed by atoms with Gasteiger partial charge in [-0.25, -0.2) is 4.98 Å². The Hall–Kier alpha value is -2.38. The first-order chi connectivity index (χ1) is 9.15. The number of nitrogens with zero attached hydrogens (tertiary/aromatic N) is 4. The van der Waals surface area contributed by atoms with Gasteiger partial charge in [0.1, 0.15) is 5.52 Å². The quantitative estimate of drug-likeness (QED) is 0.681. The molecule has 0 unspecified atom stereocenters. The molecule has 2 aromatic heterocycles. The topological polar surface area (TPSA) is 113 Å². The third-order valence-electron chi connectivity index (χ3n) is 2.63. The van der Waals surface area contributed by atoms with Crippen LogP contribution in [0.15, 0.2) is 6.33 Å². The van der Waals surface area contributed by atoms with Gasteiger partial charge in [-0.1, -0.05) is 0 Å². The van der Waals surface area contributed by atoms with Crippen molar-refractivity contribution in [3.8, 4) is 0 Å². The number of primary amides is 1. The molecule has 2 rings (SSSR count). The molecular weight excluding hydrogens is 246 g/mol. The number of imidazole rings is 1. The molecule has 0 saturated heterocycles. The largest absolute Gasteiger partial charge is 0.368 e. The van der Waals surface area contributed by atoms with Gasteiger partial charge >= 0.3 is 0 Å². The molecule has 0 aromatic carbocycles. The Kier molecular flexibility index (Phi) is 3.79. The van der Waals surface area contributed by atoms with Crippen LogP contribution in [0.2, 0.25) is 0 Å². The van der Waals surface area contributed by atoms with E-state index in [4.69, 9.17) is 5.73 Å². The molecule has 0 atom stereocenters. The minimum Gasteiger partial charge on any atom is -0.368 e. The van der Waals surface area contributed by atoms with E-state index >= 15 is 0 Å². The number of nitrogens with two attached hydrogens (primary N) is 1. The van der Waals surface area contributed by atoms with Crippen molar-refractivity contribution in [2.75, 3.05) is 29.9 Å². The van der Waals surface area contributed by atoms with Crippen LogP contribution in [0.1, 0.15) is 13.8 Å². The first-order valence-corrected chi connectivity index (χ1v) is 6.14. The molecular formula is C11H17N7O. The van der Waals surface area contributed by atoms with Crippen LogP contribution in [0.25, 0.3) is 11.2 Å². The minimum atomic E-state index is -0.405. The van der Waals surface area contributed by atoms with Crippen LogP contribution in [0.4, 0.5) is 11.8 Å². The fourth-order valence-electron chi connectivity index (χ4n) is 1.81. The Morgan fingerprint density at radius 2 is 2.26 bits per heavy atom. The van der Waals surface area contributed by atoms with Gasteiger partial charge in [0.15, 0.2) is 11.5 Å². The fourth-order valence-corrected chi connectivity index (χ4v) is 1.81. The monoisotopic (exact) mass is 263 g/mol. The van der Waals surface area contributed by atoms with E-state index in [9.17, 15) is 4.79 Å². The van der Waals surface area contributed by atoms with Crippen LogP contribution in [0.3, 0.4) is 0 Å². The standard InChI is InChI=1S/C11H17N7O/c1-3-13-11-16-9-8(14-6-15-9)10(17-11)18(4-2)5-7(12)19/h6H,3-5H2,1-2H3,(H2,12,19)(H2,13,14,15,16,17). The number of hydrogen-bond donors (Lipinski definition) is 3. The van der Waals surface area contributed by atoms with Gasteiger partial charge < -0.3 is 20.9 Å². The number of aromatic nitrogens is 4. The van der Waals surface area contributed by atoms with E-state index < -0.39 is 5.91 Å². The summed E-state index contributed by atoms with van der Waals surface area (Å²) in [5.41, 5.74) is 6.51. The highest BCUT2D eigenvalue weighted by molar-refractivity contribution is 5.87. The lowest BCUT2D eigenvalue weighted by atomic mass is 10.4. The molecule has 0 aliphatic rings. The molecule has 1 amide bonds. The molecule has 19 heavy (non-hydrogen) atoms. The van der Waals surface area contributed by atoms with Crippen molar-refractivity contribution in [1.82, 2.24) is 19.9 Å². The second-order valence-electron chi connectivity index (χ2n) is 3.98. The van der Waals surface area contributed by atoms with Gasteiger partial charge in [-0.05, 0) is 13.8 Å². The lowest BCUT2D eigenvalue weighted by molar-refractivity contribution is -0.116. The van der Waals surface area contributed by atoms with Gasteiger partial charge in [-0.3, -0.25) is 4.79 Å². The van der Waals surface area contributed by atoms with Gasteiger partial charge in [-0.2, -0.15) is 9.97 Å². The maximum absolute atomic E-state index is 11.1. The lowest BCUT2D eigenvalue weighted by Crippen LogP contribution is -2.34. The predicted molar refractivity (Wildman–Crippen MR) is 72.9 cm³/mol. The zero-order valence-corrected chi connectivity index (χ0v) is 11.0. The Morgan fingerprint density at radius 1 is 1.47 bits per heavy atom. The van der Waals surface area contributed by atoms with Gasteiger partial charge in [0.2, 0.25) is 11.9 Å². The van der Waals surface area contributed by atoms with E-state index in [0.717, 1.165) is 0 Å². The molecule has 102 valence electrons. The molecule has 0 fully saturated rings. The van der Waals surface area contributed by atoms with Crippen molar-refractivity contribution in [2.45, 2.75) is 13.8 Å². The predicted octanol–water partition coefficient (Wildman–Crippen LogP) is 0.0963. The van der Waals surface area contributed by atoms with Crippen LogP contribution in [0.5, 0.6) is 0 Å². The summed E-state index contributed by atoms with van der Waals surface area (Å²) in [5.74, 6) is 0.706. The van der Waals surface area contributed by atoms with Crippen molar-refractivity contribution in [1.29, 1.82) is 0 Å². The Morgan fingerprint density at radius 3 is 2.89 bits per heavy atom. The highest BCUT2D eigenvalue weighted by Crippen LogP contribution is 2.22. The molecule has 2 aromatic rings. The molecule has 0 bridgehead atoms. The molecule has 0 aliphatic heterocycles. The Balaban J connectivity index is 2.48. The minimum absolute atomic E-state index is 0.104. The summed E-state index contributed by atoms with van der Waals surface area (Å²) in [7, 11) is 0. The van der Waals surface area contributed by atoms with Crippen LogP contribution >= 0.6 is 0 Å². The molecule has 0 aliphatic carbocycles. The summed E-state index contributed by atoms with van der Waals surface area (Å²) in [5, 5.41) is 3.04. The number of carbonyl (C=O) groups excluding carboxylic acids is 1. The number of hydrogen-bond acceptors (Lipinski definition) is 6. The molecule has 2 heterocycles. The Labute approximate surface area is 110 Å². The normalized spacial score (nSPS) is 10.6. The summed E-state index contributed by atoms with van der Waals surface area (Å²) >= 11 is 0. The summed E-state index contributed by atoms with van der Waals surface area (Å²) in [6, 6.07) is 0. The number of anilines is 2. The van der Waals surface area contributed by atoms with Crippen LogP contribution in [-0.2, 0) is 4.79 Å². The number of amides is 1. The lowest BCUT2D eigenvalue weighted by Gasteiger charge is -2.20. The zero-order valence-electron chi connectivity index (χ0n) is 11.0. The molecule has 8 nitrogen and oxygen atoms in total. The second kappa shape index (κ2) is 5.51. The molecule has 0 saturated carbocycles. The SMILES string of the molecule is CCNc1nc(N(CC)CC(N)=O)c2[nH]cnc2n1. The van der Waals surface area contributed by atoms with E-state index in [1.807, 2.05) is 13.8 Å². The average Bonchev–Trinajstić information content (AvgIpc) is 2.83. The van der Waals surface area contributed by atoms with E-state index in [1.54, 1.807) is 11.2 Å². The molecule has 4 N–H and O–H groups in total. The van der Waals surface area contributed by atoms with Crippen molar-refractivity contribution in [3.63, 3.8) is 0 Å². The number of aromatic amines is 1. The third-order valence-corrected chi connectivity index (χ3v) is 2.63. The Bertz CT molecular complexity index is 579. The van der Waals surface area contributed by atoms with Crippen molar-refractivity contribution >= 4 is 28.8 Å². The van der Waals surface area contributed by atoms with Crippen molar-refractivity contribution in [3.05, 3.63) is 6.33 Å². The maximum atomic E-state index is 11.1. The first-order valence-electron chi connectivity index (χ1n) is 6.14. The number of fused-ring (bicyclic) bond motifs is 1. The number of H-pyrrole nitrogens is 1. The maximum Gasteiger partial charge on any atom is 0.236 e. The average molecular weight is 263 g/mol. The van der Waals surface area contributed by atoms with E-state index in [0.29, 0.717) is 36.0 Å². The number of carbonyl (C=O) groups is 1. The van der Waals surface area contributed by atoms with Crippen LogP contribution in [-0.4, -0.2) is 45.5 Å². The van der Waals surface area contributed by atoms with Gasteiger partial charge in [0, 0.05) is 13.1 Å². The van der Waals surface area contributed by atoms with Crippen molar-refractivity contribution < 1.29 is 4.79 Å². The van der Waals surface area contributed by atoms with Crippen LogP contribution < -0.4 is 16.0 Å². The van der Waals surface area contributed by atoms with Gasteiger partial charge in [0.25, 0.3) is 0 Å². The smallest absolute Gasteiger partial charge is 0.236 e. The summed E-state index contributed by atoms with van der Waals surface area (Å²) in [6.45, 7) is 5.31. The number of nitrogens with one attached hydrogen (secondary N) is 2. The van der Waals surface area contributed by atoms with Crippen molar-refractivity contribution in [2.24, 2.45) is 5.73 Å². The summed E-state index contributed by atoms with van der Waals surface area (Å²) < 4.78 is 0. The van der Waals surface area contributed by atoms with Crippen LogP contribution in [0, 0.1) is 0 Å². The second-order valence-corrected chi connectivity index (χ2v) is 3.98. The van der Waals surface area contributed by atoms with Gasteiger partial charge in [-0.15, -0.1) is 0 Å². The fraction of sp³-hybridized carbons (Fsp3) is 0.455. The first kappa shape index (κ1) is 13.1. The highest BCUT2D eigenvalue weighted by Gasteiger charge is 2.16. The summed E-state index contributed by atoms with van der Waals surface area (Å²) in [6.07, 6.45) is 1.55. The zero-order chi connectivity index (χ0) is 13.8. The number of rotatable bonds is 6. The number of likely N-dealkylation sites (N-methyl/N-ethyl adjacent to an activating group) is 1. The van der Waals surface area contributed by atoms with E-state index in [2.05, 4.69) is 25.3 Å². The molecule has 8 heteroatoms. The van der Waals surface area contributed by atoms with E-state index in [1.165, 1.54) is 0 Å². The molecule has 0 radical (unpaired) electrons. The third kappa shape index (κ3) is 2.72. The molecule has 0 spiro atoms. The summed E-state index contributed by atoms with van der Waals surface area (Å²) in [4.78, 5) is 28.7. The highest BCUT2D eigenvalue weighted by atomic mass is 16.1.